The summed E-state index contributed by atoms with van der Waals surface area (Å²) < 4.78 is 60.5. The number of alkyl halides is 2. The maximum absolute atomic E-state index is 12.8. The Morgan fingerprint density at radius 3 is 2.17 bits per heavy atom. The van der Waals surface area contributed by atoms with Gasteiger partial charge in [0.2, 0.25) is 17.9 Å². The summed E-state index contributed by atoms with van der Waals surface area (Å²) >= 11 is 0. The van der Waals surface area contributed by atoms with E-state index in [0.29, 0.717) is 84.3 Å². The van der Waals surface area contributed by atoms with Gasteiger partial charge in [-0.3, -0.25) is 9.59 Å². The van der Waals surface area contributed by atoms with E-state index in [2.05, 4.69) is 21.0 Å². The van der Waals surface area contributed by atoms with Crippen LogP contribution in [0.15, 0.2) is 34.6 Å². The fourth-order valence-corrected chi connectivity index (χ4v) is 6.23. The second-order valence-corrected chi connectivity index (χ2v) is 14.1. The van der Waals surface area contributed by atoms with Crippen molar-refractivity contribution in [2.75, 3.05) is 85.7 Å². The van der Waals surface area contributed by atoms with Crippen molar-refractivity contribution in [2.24, 2.45) is 16.1 Å². The molecule has 1 aromatic carbocycles. The number of aliphatic carboxylic acids is 1. The first kappa shape index (κ1) is 50.7. The van der Waals surface area contributed by atoms with Crippen LogP contribution in [0.2, 0.25) is 0 Å². The van der Waals surface area contributed by atoms with Crippen molar-refractivity contribution in [2.45, 2.75) is 93.7 Å². The molecule has 60 heavy (non-hydrogen) atoms. The number of ether oxygens (including phenoxy) is 6. The Balaban J connectivity index is 1.38. The van der Waals surface area contributed by atoms with Gasteiger partial charge in [0.05, 0.1) is 84.1 Å². The lowest BCUT2D eigenvalue weighted by Crippen LogP contribution is -2.68. The molecule has 0 bridgehead atoms. The standard InChI is InChI=1S/C38H60F2N6O14/c39-36(40)27-8-6-26(7-9-27)21-31(50)42-23-30(49)34(52)35-33(43-32(51)25-47)29(48)22-38(60-35,37(53)54)59-12-4-2-1-3-5-28-24-46(45-44-28)11-14-56-16-18-58-20-19-57-17-15-55-13-10-41/h6-9,24,28-30,33-36,47-49,52H,1-5,10-23,25,41H2,(H2-,42,43,50,51,53,54)/p+1/t28?,29-,30+,33+,34+,35+,38+/m0/s1. The molecule has 2 heterocycles. The zero-order valence-electron chi connectivity index (χ0n) is 33.7. The average Bonchev–Trinajstić information content (AvgIpc) is 3.69. The first-order valence-electron chi connectivity index (χ1n) is 20.1. The average molecular weight is 864 g/mol. The van der Waals surface area contributed by atoms with Gasteiger partial charge < -0.3 is 70.3 Å². The third-order valence-corrected chi connectivity index (χ3v) is 9.44. The summed E-state index contributed by atoms with van der Waals surface area (Å²) in [5, 5.41) is 65.5. The molecule has 22 heteroatoms. The Bertz CT molecular complexity index is 1480. The van der Waals surface area contributed by atoms with Gasteiger partial charge in [0.25, 0.3) is 12.2 Å². The molecule has 2 amide bonds. The molecule has 1 saturated heterocycles. The second kappa shape index (κ2) is 28.0. The molecule has 2 aliphatic heterocycles. The first-order chi connectivity index (χ1) is 28.9. The van der Waals surface area contributed by atoms with Crippen molar-refractivity contribution in [3.63, 3.8) is 0 Å². The molecule has 3 rings (SSSR count). The molecular formula is C38H61F2N6O14+. The number of halogens is 2. The Labute approximate surface area is 347 Å². The number of carbonyl (C=O) groups is 3. The molecule has 0 radical (unpaired) electrons. The molecule has 0 aliphatic carbocycles. The Morgan fingerprint density at radius 1 is 0.917 bits per heavy atom. The quantitative estimate of drug-likeness (QED) is 0.0326. The molecule has 1 fully saturated rings. The lowest BCUT2D eigenvalue weighted by molar-refractivity contribution is -0.534. The van der Waals surface area contributed by atoms with Crippen molar-refractivity contribution < 1.29 is 81.8 Å². The Morgan fingerprint density at radius 2 is 1.55 bits per heavy atom. The monoisotopic (exact) mass is 863 g/mol. The number of rotatable bonds is 32. The minimum absolute atomic E-state index is 0.0866. The SMILES string of the molecule is NCCOCCOCCOCCOCC[N+]1=CC(CCCCCCO[C@]2(C(=O)O)C[C@H](O)[C@@H](NC(=O)CO)[C@H]([C@H](O)[C@H](O)CNC(=O)Cc3ccc(C(F)F)cc3)O2)N=N1. The van der Waals surface area contributed by atoms with Gasteiger partial charge in [0.15, 0.2) is 0 Å². The van der Waals surface area contributed by atoms with Gasteiger partial charge in [-0.2, -0.15) is 0 Å². The van der Waals surface area contributed by atoms with E-state index in [-0.39, 0.29) is 24.6 Å². The second-order valence-electron chi connectivity index (χ2n) is 14.1. The largest absolute Gasteiger partial charge is 0.477 e. The van der Waals surface area contributed by atoms with Crippen LogP contribution < -0.4 is 16.4 Å². The van der Waals surface area contributed by atoms with E-state index in [0.717, 1.165) is 19.3 Å². The topological polar surface area (TPSA) is 286 Å². The predicted molar refractivity (Wildman–Crippen MR) is 206 cm³/mol. The van der Waals surface area contributed by atoms with Crippen LogP contribution in [0.5, 0.6) is 0 Å². The number of amides is 2. The zero-order chi connectivity index (χ0) is 43.8. The van der Waals surface area contributed by atoms with Gasteiger partial charge in [-0.15, -0.1) is 4.68 Å². The third-order valence-electron chi connectivity index (χ3n) is 9.44. The number of aliphatic hydroxyl groups excluding tert-OH is 4. The Kier molecular flexibility index (Phi) is 23.7. The highest BCUT2D eigenvalue weighted by Gasteiger charge is 2.55. The van der Waals surface area contributed by atoms with Gasteiger partial charge in [0.1, 0.15) is 36.8 Å². The summed E-state index contributed by atoms with van der Waals surface area (Å²) in [5.41, 5.74) is 5.53. The van der Waals surface area contributed by atoms with Gasteiger partial charge in [0, 0.05) is 36.6 Å². The van der Waals surface area contributed by atoms with Crippen LogP contribution in [0.25, 0.3) is 0 Å². The van der Waals surface area contributed by atoms with Crippen LogP contribution in [0.1, 0.15) is 56.1 Å². The van der Waals surface area contributed by atoms with Crippen molar-refractivity contribution in [1.82, 2.24) is 10.6 Å². The number of hydrogen-bond acceptors (Lipinski definition) is 16. The van der Waals surface area contributed by atoms with E-state index in [1.165, 1.54) is 24.3 Å². The van der Waals surface area contributed by atoms with E-state index in [1.54, 1.807) is 4.68 Å². The number of benzene rings is 1. The summed E-state index contributed by atoms with van der Waals surface area (Å²) in [5.74, 6) is -5.71. The number of unbranched alkanes of at least 4 members (excludes halogenated alkanes) is 3. The first-order valence-corrected chi connectivity index (χ1v) is 20.1. The lowest BCUT2D eigenvalue weighted by Gasteiger charge is -2.46. The zero-order valence-corrected chi connectivity index (χ0v) is 33.7. The molecule has 1 unspecified atom stereocenters. The van der Waals surface area contributed by atoms with E-state index in [1.807, 2.05) is 6.21 Å². The van der Waals surface area contributed by atoms with Crippen LogP contribution in [0, 0.1) is 0 Å². The van der Waals surface area contributed by atoms with Crippen molar-refractivity contribution in [3.8, 4) is 0 Å². The van der Waals surface area contributed by atoms with Crippen molar-refractivity contribution >= 4 is 24.0 Å². The number of carbonyl (C=O) groups excluding carboxylic acids is 2. The summed E-state index contributed by atoms with van der Waals surface area (Å²) in [4.78, 5) is 37.1. The molecule has 1 aromatic rings. The summed E-state index contributed by atoms with van der Waals surface area (Å²) in [6, 6.07) is 3.47. The van der Waals surface area contributed by atoms with Crippen LogP contribution in [0.4, 0.5) is 8.78 Å². The maximum atomic E-state index is 12.8. The number of aliphatic hydroxyl groups is 4. The third kappa shape index (κ3) is 18.1. The van der Waals surface area contributed by atoms with Gasteiger partial charge >= 0.3 is 5.97 Å². The fraction of sp³-hybridized carbons (Fsp3) is 0.737. The van der Waals surface area contributed by atoms with Crippen molar-refractivity contribution in [3.05, 3.63) is 35.4 Å². The van der Waals surface area contributed by atoms with E-state index in [9.17, 15) is 48.7 Å². The molecular weight excluding hydrogens is 802 g/mol. The molecule has 9 N–H and O–H groups in total. The number of hydrogen-bond donors (Lipinski definition) is 8. The highest BCUT2D eigenvalue weighted by Crippen LogP contribution is 2.34. The van der Waals surface area contributed by atoms with E-state index >= 15 is 0 Å². The van der Waals surface area contributed by atoms with Crippen LogP contribution in [0.3, 0.4) is 0 Å². The minimum atomic E-state index is -2.68. The Hall–Kier alpha value is -3.68. The highest BCUT2D eigenvalue weighted by molar-refractivity contribution is 5.79. The minimum Gasteiger partial charge on any atom is -0.477 e. The highest BCUT2D eigenvalue weighted by atomic mass is 19.3. The van der Waals surface area contributed by atoms with E-state index < -0.39 is 80.0 Å². The number of nitrogens with zero attached hydrogens (tertiary/aromatic N) is 3. The summed E-state index contributed by atoms with van der Waals surface area (Å²) in [6.07, 6.45) is -5.54. The predicted octanol–water partition coefficient (Wildman–Crippen LogP) is -0.763. The smallest absolute Gasteiger partial charge is 0.364 e. The maximum Gasteiger partial charge on any atom is 0.364 e. The molecule has 340 valence electrons. The number of carboxylic acid groups (broad SMARTS) is 1. The van der Waals surface area contributed by atoms with Crippen LogP contribution >= 0.6 is 0 Å². The van der Waals surface area contributed by atoms with E-state index in [4.69, 9.17) is 34.2 Å². The molecule has 0 saturated carbocycles. The lowest BCUT2D eigenvalue weighted by atomic mass is 9.88. The molecule has 7 atom stereocenters. The summed E-state index contributed by atoms with van der Waals surface area (Å²) in [7, 11) is 0. The number of nitrogens with two attached hydrogens (primary N) is 1. The van der Waals surface area contributed by atoms with Gasteiger partial charge in [-0.05, 0) is 18.4 Å². The number of nitrogens with one attached hydrogen (secondary N) is 2. The van der Waals surface area contributed by atoms with Crippen molar-refractivity contribution in [1.29, 1.82) is 0 Å². The summed E-state index contributed by atoms with van der Waals surface area (Å²) in [6.45, 7) is 3.08. The molecule has 0 aromatic heterocycles. The number of carboxylic acids is 1. The van der Waals surface area contributed by atoms with Crippen LogP contribution in [-0.4, -0.2) is 182 Å². The van der Waals surface area contributed by atoms with Crippen LogP contribution in [-0.2, 0) is 49.2 Å². The van der Waals surface area contributed by atoms with Gasteiger partial charge in [-0.25, -0.2) is 13.6 Å². The molecule has 20 nitrogen and oxygen atoms in total. The fourth-order valence-electron chi connectivity index (χ4n) is 6.23. The van der Waals surface area contributed by atoms with Gasteiger partial charge in [-0.1, -0.05) is 37.1 Å². The molecule has 2 aliphatic rings. The normalized spacial score (nSPS) is 22.4. The molecule has 0 spiro atoms.